The molecule has 0 N–H and O–H groups in total. The van der Waals surface area contributed by atoms with Crippen molar-refractivity contribution in [2.75, 3.05) is 5.33 Å². The van der Waals surface area contributed by atoms with Crippen LogP contribution in [0.3, 0.4) is 0 Å². The van der Waals surface area contributed by atoms with Gasteiger partial charge in [0.1, 0.15) is 6.17 Å². The Kier molecular flexibility index (Phi) is 2.96. The highest BCUT2D eigenvalue weighted by molar-refractivity contribution is 9.09. The molecule has 2 heteroatoms. The molecule has 0 saturated heterocycles. The Morgan fingerprint density at radius 2 is 2.22 bits per heavy atom. The van der Waals surface area contributed by atoms with Crippen molar-refractivity contribution in [2.45, 2.75) is 31.9 Å². The first-order valence-corrected chi connectivity index (χ1v) is 4.65. The zero-order valence-corrected chi connectivity index (χ0v) is 7.03. The van der Waals surface area contributed by atoms with Gasteiger partial charge < -0.3 is 0 Å². The summed E-state index contributed by atoms with van der Waals surface area (Å²) in [6, 6.07) is 0. The van der Waals surface area contributed by atoms with Crippen molar-refractivity contribution < 1.29 is 4.39 Å². The molecule has 0 unspecified atom stereocenters. The van der Waals surface area contributed by atoms with Crippen molar-refractivity contribution in [3.63, 3.8) is 0 Å². The number of halogens is 2. The van der Waals surface area contributed by atoms with Crippen LogP contribution in [-0.2, 0) is 0 Å². The summed E-state index contributed by atoms with van der Waals surface area (Å²) in [5.41, 5.74) is 0. The Balaban J connectivity index is 2.01. The molecule has 0 bridgehead atoms. The van der Waals surface area contributed by atoms with Crippen molar-refractivity contribution in [3.8, 4) is 0 Å². The van der Waals surface area contributed by atoms with Crippen molar-refractivity contribution in [1.82, 2.24) is 0 Å². The summed E-state index contributed by atoms with van der Waals surface area (Å²) >= 11 is 3.12. The summed E-state index contributed by atoms with van der Waals surface area (Å²) in [6.07, 6.45) is 4.02. The van der Waals surface area contributed by atoms with Gasteiger partial charge in [0, 0.05) is 5.33 Å². The summed E-state index contributed by atoms with van der Waals surface area (Å²) in [5.74, 6) is 0.706. The zero-order valence-electron chi connectivity index (χ0n) is 5.45. The van der Waals surface area contributed by atoms with Gasteiger partial charge in [-0.2, -0.15) is 0 Å². The third-order valence-electron chi connectivity index (χ3n) is 1.98. The Morgan fingerprint density at radius 3 is 2.56 bits per heavy atom. The minimum atomic E-state index is -0.602. The van der Waals surface area contributed by atoms with Gasteiger partial charge in [-0.25, -0.2) is 4.39 Å². The summed E-state index contributed by atoms with van der Waals surface area (Å²) in [7, 11) is 0. The average molecular weight is 195 g/mol. The predicted molar refractivity (Wildman–Crippen MR) is 40.6 cm³/mol. The molecule has 1 atom stereocenters. The minimum Gasteiger partial charge on any atom is -0.247 e. The minimum absolute atomic E-state index is 0.517. The molecule has 9 heavy (non-hydrogen) atoms. The molecular weight excluding hydrogens is 183 g/mol. The van der Waals surface area contributed by atoms with Gasteiger partial charge in [-0.05, 0) is 12.3 Å². The average Bonchev–Trinajstić information content (AvgIpc) is 1.78. The van der Waals surface area contributed by atoms with Crippen LogP contribution in [0.2, 0.25) is 0 Å². The van der Waals surface area contributed by atoms with Crippen LogP contribution >= 0.6 is 15.9 Å². The molecule has 54 valence electrons. The molecule has 0 amide bonds. The molecule has 0 heterocycles. The van der Waals surface area contributed by atoms with Crippen molar-refractivity contribution in [1.29, 1.82) is 0 Å². The van der Waals surface area contributed by atoms with E-state index in [4.69, 9.17) is 0 Å². The van der Waals surface area contributed by atoms with Crippen LogP contribution in [0.5, 0.6) is 0 Å². The Labute approximate surface area is 64.0 Å². The van der Waals surface area contributed by atoms with Gasteiger partial charge in [0.05, 0.1) is 0 Å². The lowest BCUT2D eigenvalue weighted by Gasteiger charge is -2.25. The first-order chi connectivity index (χ1) is 4.33. The fourth-order valence-corrected chi connectivity index (χ4v) is 1.42. The molecule has 1 rings (SSSR count). The normalized spacial score (nSPS) is 23.3. The SMILES string of the molecule is F[C@H](CBr)CC1CCC1. The summed E-state index contributed by atoms with van der Waals surface area (Å²) < 4.78 is 12.6. The number of alkyl halides is 2. The Bertz CT molecular complexity index is 78.2. The fourth-order valence-electron chi connectivity index (χ4n) is 1.15. The van der Waals surface area contributed by atoms with Crippen LogP contribution in [0.25, 0.3) is 0 Å². The van der Waals surface area contributed by atoms with Crippen molar-refractivity contribution in [2.24, 2.45) is 5.92 Å². The maximum atomic E-state index is 12.6. The molecule has 1 saturated carbocycles. The number of rotatable bonds is 3. The third-order valence-corrected chi connectivity index (χ3v) is 2.68. The maximum absolute atomic E-state index is 12.6. The monoisotopic (exact) mass is 194 g/mol. The third kappa shape index (κ3) is 2.24. The highest BCUT2D eigenvalue weighted by atomic mass is 79.9. The van der Waals surface area contributed by atoms with Crippen LogP contribution in [0.1, 0.15) is 25.7 Å². The van der Waals surface area contributed by atoms with E-state index in [-0.39, 0.29) is 0 Å². The van der Waals surface area contributed by atoms with Crippen LogP contribution in [0, 0.1) is 5.92 Å². The second-order valence-corrected chi connectivity index (χ2v) is 3.43. The van der Waals surface area contributed by atoms with Gasteiger partial charge in [-0.15, -0.1) is 0 Å². The largest absolute Gasteiger partial charge is 0.247 e. The smallest absolute Gasteiger partial charge is 0.110 e. The van der Waals surface area contributed by atoms with E-state index < -0.39 is 6.17 Å². The second kappa shape index (κ2) is 3.55. The van der Waals surface area contributed by atoms with Crippen molar-refractivity contribution in [3.05, 3.63) is 0 Å². The molecule has 0 nitrogen and oxygen atoms in total. The van der Waals surface area contributed by atoms with Crippen LogP contribution in [-0.4, -0.2) is 11.5 Å². The van der Waals surface area contributed by atoms with E-state index in [1.54, 1.807) is 0 Å². The van der Waals surface area contributed by atoms with E-state index in [0.717, 1.165) is 6.42 Å². The highest BCUT2D eigenvalue weighted by Crippen LogP contribution is 2.31. The van der Waals surface area contributed by atoms with Gasteiger partial charge >= 0.3 is 0 Å². The summed E-state index contributed by atoms with van der Waals surface area (Å²) in [4.78, 5) is 0. The van der Waals surface area contributed by atoms with Gasteiger partial charge in [-0.1, -0.05) is 35.2 Å². The van der Waals surface area contributed by atoms with Crippen LogP contribution in [0.15, 0.2) is 0 Å². The van der Waals surface area contributed by atoms with E-state index in [0.29, 0.717) is 11.2 Å². The highest BCUT2D eigenvalue weighted by Gasteiger charge is 2.20. The molecule has 1 fully saturated rings. The number of hydrogen-bond donors (Lipinski definition) is 0. The van der Waals surface area contributed by atoms with Gasteiger partial charge in [0.25, 0.3) is 0 Å². The predicted octanol–water partition coefficient (Wildman–Crippen LogP) is 2.91. The Hall–Kier alpha value is 0.410. The Morgan fingerprint density at radius 1 is 1.56 bits per heavy atom. The van der Waals surface area contributed by atoms with E-state index in [1.165, 1.54) is 19.3 Å². The standard InChI is InChI=1S/C7H12BrF/c8-5-7(9)4-6-2-1-3-6/h6-7H,1-5H2/t7-/m0/s1. The van der Waals surface area contributed by atoms with E-state index >= 15 is 0 Å². The zero-order chi connectivity index (χ0) is 6.69. The summed E-state index contributed by atoms with van der Waals surface area (Å²) in [5, 5.41) is 0.517. The lowest BCUT2D eigenvalue weighted by Crippen LogP contribution is -2.17. The van der Waals surface area contributed by atoms with E-state index in [9.17, 15) is 4.39 Å². The molecule has 0 spiro atoms. The summed E-state index contributed by atoms with van der Waals surface area (Å²) in [6.45, 7) is 0. The quantitative estimate of drug-likeness (QED) is 0.607. The first-order valence-electron chi connectivity index (χ1n) is 3.53. The molecule has 0 radical (unpaired) electrons. The lowest BCUT2D eigenvalue weighted by molar-refractivity contribution is 0.220. The van der Waals surface area contributed by atoms with E-state index in [2.05, 4.69) is 15.9 Å². The lowest BCUT2D eigenvalue weighted by atomic mass is 9.82. The van der Waals surface area contributed by atoms with E-state index in [1.807, 2.05) is 0 Å². The molecule has 1 aliphatic carbocycles. The molecule has 0 aromatic carbocycles. The molecule has 0 aliphatic heterocycles. The topological polar surface area (TPSA) is 0 Å². The van der Waals surface area contributed by atoms with Crippen molar-refractivity contribution >= 4 is 15.9 Å². The van der Waals surface area contributed by atoms with Crippen LogP contribution < -0.4 is 0 Å². The molecule has 0 aromatic heterocycles. The molecule has 0 aromatic rings. The van der Waals surface area contributed by atoms with Crippen LogP contribution in [0.4, 0.5) is 4.39 Å². The number of hydrogen-bond acceptors (Lipinski definition) is 0. The maximum Gasteiger partial charge on any atom is 0.110 e. The van der Waals surface area contributed by atoms with Gasteiger partial charge in [-0.3, -0.25) is 0 Å². The molecular formula is C7H12BrF. The fraction of sp³-hybridized carbons (Fsp3) is 1.00. The first kappa shape index (κ1) is 7.52. The second-order valence-electron chi connectivity index (χ2n) is 2.78. The molecule has 1 aliphatic rings. The van der Waals surface area contributed by atoms with Gasteiger partial charge in [0.2, 0.25) is 0 Å². The van der Waals surface area contributed by atoms with Gasteiger partial charge in [0.15, 0.2) is 0 Å².